The van der Waals surface area contributed by atoms with Crippen molar-refractivity contribution in [3.63, 3.8) is 0 Å². The number of hydrogen-bond donors (Lipinski definition) is 1. The number of para-hydroxylation sites is 1. The van der Waals surface area contributed by atoms with Gasteiger partial charge in [0, 0.05) is 23.7 Å². The van der Waals surface area contributed by atoms with Gasteiger partial charge in [0.25, 0.3) is 0 Å². The van der Waals surface area contributed by atoms with Crippen LogP contribution in [-0.4, -0.2) is 25.8 Å². The van der Waals surface area contributed by atoms with E-state index in [2.05, 4.69) is 20.6 Å². The average molecular weight is 455 g/mol. The van der Waals surface area contributed by atoms with E-state index in [9.17, 15) is 18.0 Å². The Balaban J connectivity index is 1.58. The minimum Gasteiger partial charge on any atom is -0.339 e. The van der Waals surface area contributed by atoms with Crippen LogP contribution < -0.4 is 5.32 Å². The highest BCUT2D eigenvalue weighted by Crippen LogP contribution is 2.31. The third kappa shape index (κ3) is 4.64. The van der Waals surface area contributed by atoms with Crippen LogP contribution in [0.5, 0.6) is 0 Å². The Bertz CT molecular complexity index is 1320. The second-order valence-electron chi connectivity index (χ2n) is 7.52. The largest absolute Gasteiger partial charge is 0.416 e. The molecule has 0 aliphatic carbocycles. The first-order valence-corrected chi connectivity index (χ1v) is 10.1. The molecule has 0 aliphatic heterocycles. The van der Waals surface area contributed by atoms with Crippen molar-refractivity contribution in [3.05, 3.63) is 76.9 Å². The summed E-state index contributed by atoms with van der Waals surface area (Å²) in [5.74, 6) is 0.449. The average Bonchev–Trinajstić information content (AvgIpc) is 3.32. The van der Waals surface area contributed by atoms with Gasteiger partial charge in [-0.1, -0.05) is 23.4 Å². The number of halogens is 3. The van der Waals surface area contributed by atoms with E-state index in [-0.39, 0.29) is 18.0 Å². The highest BCUT2D eigenvalue weighted by atomic mass is 19.4. The summed E-state index contributed by atoms with van der Waals surface area (Å²) in [6.07, 6.45) is -4.46. The Morgan fingerprint density at radius 3 is 2.55 bits per heavy atom. The Kier molecular flexibility index (Phi) is 5.75. The topological polar surface area (TPSA) is 85.8 Å². The van der Waals surface area contributed by atoms with E-state index in [1.807, 2.05) is 0 Å². The molecule has 0 saturated heterocycles. The predicted octanol–water partition coefficient (Wildman–Crippen LogP) is 5.05. The number of benzene rings is 2. The lowest BCUT2D eigenvalue weighted by Gasteiger charge is -2.11. The number of aryl methyl sites for hydroxylation is 2. The second kappa shape index (κ2) is 8.53. The van der Waals surface area contributed by atoms with Gasteiger partial charge in [0.1, 0.15) is 0 Å². The van der Waals surface area contributed by atoms with E-state index >= 15 is 0 Å². The lowest BCUT2D eigenvalue weighted by Crippen LogP contribution is -2.16. The highest BCUT2D eigenvalue weighted by molar-refractivity contribution is 5.96. The molecule has 4 aromatic rings. The number of hydrogen-bond acceptors (Lipinski definition) is 5. The van der Waals surface area contributed by atoms with E-state index < -0.39 is 11.7 Å². The summed E-state index contributed by atoms with van der Waals surface area (Å²) in [6.45, 7) is 5.11. The molecule has 10 heteroatoms. The molecule has 2 aromatic heterocycles. The molecule has 1 amide bonds. The molecule has 0 radical (unpaired) electrons. The molecule has 0 bridgehead atoms. The first kappa shape index (κ1) is 22.3. The number of carbonyl (C=O) groups excluding carboxylic acids is 1. The minimum atomic E-state index is -4.46. The van der Waals surface area contributed by atoms with Crippen LogP contribution in [0.4, 0.5) is 18.9 Å². The van der Waals surface area contributed by atoms with Crippen LogP contribution in [0.1, 0.15) is 28.4 Å². The molecule has 0 spiro atoms. The second-order valence-corrected chi connectivity index (χ2v) is 7.52. The van der Waals surface area contributed by atoms with Crippen LogP contribution in [0.25, 0.3) is 17.1 Å². The normalized spacial score (nSPS) is 11.6. The van der Waals surface area contributed by atoms with Gasteiger partial charge in [-0.2, -0.15) is 23.3 Å². The number of nitrogens with one attached hydrogen (secondary N) is 1. The third-order valence-electron chi connectivity index (χ3n) is 5.17. The van der Waals surface area contributed by atoms with Crippen LogP contribution in [0.2, 0.25) is 0 Å². The number of aromatic nitrogens is 4. The Morgan fingerprint density at radius 1 is 1.09 bits per heavy atom. The molecule has 0 atom stereocenters. The van der Waals surface area contributed by atoms with E-state index in [0.29, 0.717) is 39.9 Å². The van der Waals surface area contributed by atoms with Crippen molar-refractivity contribution in [2.45, 2.75) is 33.4 Å². The fourth-order valence-electron chi connectivity index (χ4n) is 3.55. The maximum atomic E-state index is 13.1. The van der Waals surface area contributed by atoms with Gasteiger partial charge >= 0.3 is 6.18 Å². The van der Waals surface area contributed by atoms with Crippen molar-refractivity contribution < 1.29 is 22.5 Å². The van der Waals surface area contributed by atoms with E-state index in [0.717, 1.165) is 12.1 Å². The monoisotopic (exact) mass is 455 g/mol. The quantitative estimate of drug-likeness (QED) is 0.455. The van der Waals surface area contributed by atoms with Crippen molar-refractivity contribution in [1.29, 1.82) is 0 Å². The fourth-order valence-corrected chi connectivity index (χ4v) is 3.55. The molecule has 0 fully saturated rings. The van der Waals surface area contributed by atoms with Gasteiger partial charge < -0.3 is 9.84 Å². The van der Waals surface area contributed by atoms with Gasteiger partial charge in [-0.3, -0.25) is 4.79 Å². The lowest BCUT2D eigenvalue weighted by atomic mass is 10.1. The van der Waals surface area contributed by atoms with E-state index in [4.69, 9.17) is 4.52 Å². The lowest BCUT2D eigenvalue weighted by molar-refractivity contribution is -0.137. The smallest absolute Gasteiger partial charge is 0.339 e. The summed E-state index contributed by atoms with van der Waals surface area (Å²) in [7, 11) is 0. The number of carbonyl (C=O) groups is 1. The molecule has 0 saturated carbocycles. The zero-order valence-electron chi connectivity index (χ0n) is 18.1. The van der Waals surface area contributed by atoms with Crippen LogP contribution in [0.3, 0.4) is 0 Å². The summed E-state index contributed by atoms with van der Waals surface area (Å²) in [4.78, 5) is 17.0. The summed E-state index contributed by atoms with van der Waals surface area (Å²) in [6, 6.07) is 12.0. The molecular formula is C23H20F3N5O2. The number of rotatable bonds is 5. The molecule has 0 unspecified atom stereocenters. The molecule has 33 heavy (non-hydrogen) atoms. The Morgan fingerprint density at radius 2 is 1.85 bits per heavy atom. The van der Waals surface area contributed by atoms with Gasteiger partial charge in [0.2, 0.25) is 17.6 Å². The van der Waals surface area contributed by atoms with Crippen molar-refractivity contribution >= 4 is 11.6 Å². The van der Waals surface area contributed by atoms with E-state index in [1.165, 1.54) is 10.7 Å². The molecule has 4 rings (SSSR count). The molecule has 0 aliphatic rings. The number of amides is 1. The fraction of sp³-hybridized carbons (Fsp3) is 0.217. The van der Waals surface area contributed by atoms with Crippen molar-refractivity contribution in [3.8, 4) is 17.1 Å². The molecule has 170 valence electrons. The highest BCUT2D eigenvalue weighted by Gasteiger charge is 2.31. The first-order valence-electron chi connectivity index (χ1n) is 10.1. The number of nitrogens with zero attached hydrogens (tertiary/aromatic N) is 4. The minimum absolute atomic E-state index is 0.00374. The zero-order chi connectivity index (χ0) is 23.8. The first-order chi connectivity index (χ1) is 15.6. The standard InChI is InChI=1S/C23H20F3N5O2/c1-13-19(14(2)31(29-13)17-8-6-7-16(11-17)23(24,25)26)12-21(32)28-20-10-5-4-9-18(20)22-27-15(3)33-30-22/h4-11H,12H2,1-3H3,(H,28,32). The van der Waals surface area contributed by atoms with Gasteiger partial charge in [-0.15, -0.1) is 0 Å². The van der Waals surface area contributed by atoms with Crippen molar-refractivity contribution in [1.82, 2.24) is 19.9 Å². The van der Waals surface area contributed by atoms with Crippen molar-refractivity contribution in [2.24, 2.45) is 0 Å². The summed E-state index contributed by atoms with van der Waals surface area (Å²) in [5, 5.41) is 11.1. The van der Waals surface area contributed by atoms with Crippen molar-refractivity contribution in [2.75, 3.05) is 5.32 Å². The van der Waals surface area contributed by atoms with E-state index in [1.54, 1.807) is 51.1 Å². The SMILES string of the molecule is Cc1nc(-c2ccccc2NC(=O)Cc2c(C)nn(-c3cccc(C(F)(F)F)c3)c2C)no1. The molecule has 2 aromatic carbocycles. The summed E-state index contributed by atoms with van der Waals surface area (Å²) in [5.41, 5.74) is 2.42. The molecule has 1 N–H and O–H groups in total. The zero-order valence-corrected chi connectivity index (χ0v) is 18.1. The summed E-state index contributed by atoms with van der Waals surface area (Å²) < 4.78 is 45.8. The van der Waals surface area contributed by atoms with Gasteiger partial charge in [0.15, 0.2) is 0 Å². The van der Waals surface area contributed by atoms with Crippen LogP contribution in [0.15, 0.2) is 53.1 Å². The Hall–Kier alpha value is -3.95. The Labute approximate surface area is 187 Å². The van der Waals surface area contributed by atoms with Gasteiger partial charge in [0.05, 0.1) is 29.1 Å². The van der Waals surface area contributed by atoms with Crippen LogP contribution in [-0.2, 0) is 17.4 Å². The molecule has 7 nitrogen and oxygen atoms in total. The van der Waals surface area contributed by atoms with Crippen LogP contribution in [0, 0.1) is 20.8 Å². The number of alkyl halides is 3. The van der Waals surface area contributed by atoms with Gasteiger partial charge in [-0.05, 0) is 44.2 Å². The summed E-state index contributed by atoms with van der Waals surface area (Å²) >= 11 is 0. The molecule has 2 heterocycles. The maximum absolute atomic E-state index is 13.1. The third-order valence-corrected chi connectivity index (χ3v) is 5.17. The number of anilines is 1. The predicted molar refractivity (Wildman–Crippen MR) is 115 cm³/mol. The molecular weight excluding hydrogens is 435 g/mol. The van der Waals surface area contributed by atoms with Gasteiger partial charge in [-0.25, -0.2) is 4.68 Å². The maximum Gasteiger partial charge on any atom is 0.416 e. The van der Waals surface area contributed by atoms with Crippen LogP contribution >= 0.6 is 0 Å².